The van der Waals surface area contributed by atoms with Crippen molar-refractivity contribution in [3.8, 4) is 5.75 Å². The Balaban J connectivity index is 1.55. The minimum Gasteiger partial charge on any atom is -0.432 e. The van der Waals surface area contributed by atoms with Gasteiger partial charge in [0, 0.05) is 37.0 Å². The van der Waals surface area contributed by atoms with Crippen LogP contribution in [-0.2, 0) is 6.54 Å². The van der Waals surface area contributed by atoms with E-state index in [9.17, 15) is 22.8 Å². The Hall–Kier alpha value is -3.23. The number of alkyl halides is 2. The molecule has 2 aromatic rings. The van der Waals surface area contributed by atoms with Crippen LogP contribution in [0.15, 0.2) is 42.5 Å². The van der Waals surface area contributed by atoms with Crippen LogP contribution in [0.1, 0.15) is 28.8 Å². The first-order valence-electron chi connectivity index (χ1n) is 9.10. The molecule has 0 atom stereocenters. The summed E-state index contributed by atoms with van der Waals surface area (Å²) in [5.41, 5.74) is 1.37. The van der Waals surface area contributed by atoms with E-state index >= 15 is 0 Å². The molecule has 2 aromatic carbocycles. The SMILES string of the molecule is O=C(NCc1cccc(C(=O)N2CCCC2)c1)Nc1ccc(OC(F)F)c(F)c1. The number of ether oxygens (including phenoxy) is 1. The van der Waals surface area contributed by atoms with Crippen molar-refractivity contribution >= 4 is 17.6 Å². The zero-order valence-electron chi connectivity index (χ0n) is 15.5. The Morgan fingerprint density at radius 3 is 2.55 bits per heavy atom. The number of carbonyl (C=O) groups excluding carboxylic acids is 2. The molecule has 0 aromatic heterocycles. The van der Waals surface area contributed by atoms with E-state index in [2.05, 4.69) is 15.4 Å². The van der Waals surface area contributed by atoms with Crippen LogP contribution in [-0.4, -0.2) is 36.5 Å². The second-order valence-electron chi connectivity index (χ2n) is 6.53. The number of hydrogen-bond acceptors (Lipinski definition) is 3. The molecular formula is C20H20F3N3O3. The Bertz CT molecular complexity index is 886. The van der Waals surface area contributed by atoms with Gasteiger partial charge in [0.1, 0.15) is 0 Å². The van der Waals surface area contributed by atoms with Gasteiger partial charge in [-0.3, -0.25) is 4.79 Å². The van der Waals surface area contributed by atoms with Crippen LogP contribution >= 0.6 is 0 Å². The van der Waals surface area contributed by atoms with E-state index in [0.29, 0.717) is 5.56 Å². The van der Waals surface area contributed by atoms with E-state index in [4.69, 9.17) is 0 Å². The largest absolute Gasteiger partial charge is 0.432 e. The third-order valence-corrected chi connectivity index (χ3v) is 4.43. The fourth-order valence-electron chi connectivity index (χ4n) is 3.04. The second kappa shape index (κ2) is 9.31. The van der Waals surface area contributed by atoms with Gasteiger partial charge in [-0.05, 0) is 42.7 Å². The fourth-order valence-corrected chi connectivity index (χ4v) is 3.04. The number of carbonyl (C=O) groups is 2. The number of halogens is 3. The number of hydrogen-bond donors (Lipinski definition) is 2. The Morgan fingerprint density at radius 2 is 1.86 bits per heavy atom. The highest BCUT2D eigenvalue weighted by molar-refractivity contribution is 5.94. The number of rotatable bonds is 6. The Kier molecular flexibility index (Phi) is 6.58. The molecule has 0 unspecified atom stereocenters. The third kappa shape index (κ3) is 5.63. The lowest BCUT2D eigenvalue weighted by molar-refractivity contribution is -0.0521. The average Bonchev–Trinajstić information content (AvgIpc) is 3.23. The maximum atomic E-state index is 13.7. The van der Waals surface area contributed by atoms with E-state index in [0.717, 1.165) is 43.6 Å². The molecule has 1 fully saturated rings. The zero-order valence-corrected chi connectivity index (χ0v) is 15.5. The molecule has 0 aliphatic carbocycles. The summed E-state index contributed by atoms with van der Waals surface area (Å²) in [7, 11) is 0. The van der Waals surface area contributed by atoms with E-state index in [1.54, 1.807) is 29.2 Å². The number of amides is 3. The van der Waals surface area contributed by atoms with Gasteiger partial charge in [0.25, 0.3) is 5.91 Å². The lowest BCUT2D eigenvalue weighted by Crippen LogP contribution is -2.29. The quantitative estimate of drug-likeness (QED) is 0.761. The zero-order chi connectivity index (χ0) is 20.8. The molecule has 0 bridgehead atoms. The maximum Gasteiger partial charge on any atom is 0.387 e. The summed E-state index contributed by atoms with van der Waals surface area (Å²) in [5.74, 6) is -1.66. The number of urea groups is 1. The molecule has 0 radical (unpaired) electrons. The Morgan fingerprint density at radius 1 is 1.10 bits per heavy atom. The molecule has 29 heavy (non-hydrogen) atoms. The summed E-state index contributed by atoms with van der Waals surface area (Å²) in [6.07, 6.45) is 2.01. The summed E-state index contributed by atoms with van der Waals surface area (Å²) in [4.78, 5) is 26.3. The molecule has 0 spiro atoms. The summed E-state index contributed by atoms with van der Waals surface area (Å²) in [6, 6.07) is 9.50. The molecule has 1 heterocycles. The number of likely N-dealkylation sites (tertiary alicyclic amines) is 1. The van der Waals surface area contributed by atoms with Gasteiger partial charge in [-0.1, -0.05) is 12.1 Å². The first-order valence-corrected chi connectivity index (χ1v) is 9.10. The van der Waals surface area contributed by atoms with Crippen LogP contribution in [0.3, 0.4) is 0 Å². The molecule has 154 valence electrons. The molecule has 6 nitrogen and oxygen atoms in total. The summed E-state index contributed by atoms with van der Waals surface area (Å²) in [5, 5.41) is 5.01. The van der Waals surface area contributed by atoms with Gasteiger partial charge in [-0.15, -0.1) is 0 Å². The minimum absolute atomic E-state index is 0.0321. The number of anilines is 1. The van der Waals surface area contributed by atoms with E-state index in [-0.39, 0.29) is 18.1 Å². The fraction of sp³-hybridized carbons (Fsp3) is 0.300. The van der Waals surface area contributed by atoms with Crippen LogP contribution < -0.4 is 15.4 Å². The van der Waals surface area contributed by atoms with Crippen molar-refractivity contribution in [3.63, 3.8) is 0 Å². The van der Waals surface area contributed by atoms with Gasteiger partial charge in [0.15, 0.2) is 11.6 Å². The Labute approximate surface area is 165 Å². The van der Waals surface area contributed by atoms with E-state index < -0.39 is 24.2 Å². The molecule has 0 saturated carbocycles. The van der Waals surface area contributed by atoms with Crippen LogP contribution in [0, 0.1) is 5.82 Å². The molecule has 9 heteroatoms. The van der Waals surface area contributed by atoms with Crippen molar-refractivity contribution < 1.29 is 27.5 Å². The molecule has 3 amide bonds. The molecule has 1 aliphatic heterocycles. The molecule has 1 saturated heterocycles. The van der Waals surface area contributed by atoms with Gasteiger partial charge in [0.05, 0.1) is 0 Å². The van der Waals surface area contributed by atoms with Gasteiger partial charge in [0.2, 0.25) is 0 Å². The lowest BCUT2D eigenvalue weighted by Gasteiger charge is -2.16. The van der Waals surface area contributed by atoms with Gasteiger partial charge in [-0.2, -0.15) is 8.78 Å². The van der Waals surface area contributed by atoms with Gasteiger partial charge in [-0.25, -0.2) is 9.18 Å². The highest BCUT2D eigenvalue weighted by atomic mass is 19.3. The van der Waals surface area contributed by atoms with E-state index in [1.165, 1.54) is 6.07 Å². The highest BCUT2D eigenvalue weighted by Gasteiger charge is 2.19. The lowest BCUT2D eigenvalue weighted by atomic mass is 10.1. The predicted octanol–water partition coefficient (Wildman–Crippen LogP) is 3.98. The number of benzene rings is 2. The number of nitrogens with one attached hydrogen (secondary N) is 2. The highest BCUT2D eigenvalue weighted by Crippen LogP contribution is 2.22. The van der Waals surface area contributed by atoms with Gasteiger partial charge < -0.3 is 20.3 Å². The van der Waals surface area contributed by atoms with Crippen molar-refractivity contribution in [2.24, 2.45) is 0 Å². The van der Waals surface area contributed by atoms with Crippen LogP contribution in [0.5, 0.6) is 5.75 Å². The van der Waals surface area contributed by atoms with Crippen LogP contribution in [0.25, 0.3) is 0 Å². The molecule has 1 aliphatic rings. The minimum atomic E-state index is -3.14. The molecular weight excluding hydrogens is 387 g/mol. The van der Waals surface area contributed by atoms with Crippen molar-refractivity contribution in [1.29, 1.82) is 0 Å². The topological polar surface area (TPSA) is 70.7 Å². The summed E-state index contributed by atoms with van der Waals surface area (Å²) in [6.45, 7) is -1.48. The first kappa shape index (κ1) is 20.5. The van der Waals surface area contributed by atoms with Gasteiger partial charge >= 0.3 is 12.6 Å². The number of nitrogens with zero attached hydrogens (tertiary/aromatic N) is 1. The van der Waals surface area contributed by atoms with Crippen LogP contribution in [0.4, 0.5) is 23.7 Å². The molecule has 3 rings (SSSR count). The average molecular weight is 407 g/mol. The maximum absolute atomic E-state index is 13.7. The van der Waals surface area contributed by atoms with Crippen molar-refractivity contribution in [1.82, 2.24) is 10.2 Å². The predicted molar refractivity (Wildman–Crippen MR) is 100 cm³/mol. The molecule has 2 N–H and O–H groups in total. The van der Waals surface area contributed by atoms with E-state index in [1.807, 2.05) is 0 Å². The summed E-state index contributed by atoms with van der Waals surface area (Å²) < 4.78 is 42.0. The van der Waals surface area contributed by atoms with Crippen molar-refractivity contribution in [2.75, 3.05) is 18.4 Å². The first-order chi connectivity index (χ1) is 13.9. The standard InChI is InChI=1S/C20H20F3N3O3/c21-16-11-15(6-7-17(16)29-19(22)23)25-20(28)24-12-13-4-3-5-14(10-13)18(27)26-8-1-2-9-26/h3-7,10-11,19H,1-2,8-9,12H2,(H2,24,25,28). The monoisotopic (exact) mass is 407 g/mol. The third-order valence-electron chi connectivity index (χ3n) is 4.43. The van der Waals surface area contributed by atoms with Crippen molar-refractivity contribution in [2.45, 2.75) is 26.0 Å². The smallest absolute Gasteiger partial charge is 0.387 e. The summed E-state index contributed by atoms with van der Waals surface area (Å²) >= 11 is 0. The second-order valence-corrected chi connectivity index (χ2v) is 6.53. The van der Waals surface area contributed by atoms with Crippen LogP contribution in [0.2, 0.25) is 0 Å². The normalized spacial score (nSPS) is 13.4. The van der Waals surface area contributed by atoms with Crippen molar-refractivity contribution in [3.05, 3.63) is 59.4 Å².